The van der Waals surface area contributed by atoms with E-state index >= 15 is 0 Å². The van der Waals surface area contributed by atoms with Crippen LogP contribution in [-0.2, 0) is 0 Å². The second kappa shape index (κ2) is 5.52. The van der Waals surface area contributed by atoms with Gasteiger partial charge in [-0.2, -0.15) is 0 Å². The Morgan fingerprint density at radius 3 is 2.00 bits per heavy atom. The van der Waals surface area contributed by atoms with E-state index < -0.39 is 12.5 Å². The predicted octanol–water partition coefficient (Wildman–Crippen LogP) is 3.14. The quantitative estimate of drug-likeness (QED) is 0.879. The Morgan fingerprint density at radius 1 is 1.15 bits per heavy atom. The molecule has 1 nitrogen and oxygen atoms in total. The van der Waals surface area contributed by atoms with E-state index in [1.165, 1.54) is 0 Å². The summed E-state index contributed by atoms with van der Waals surface area (Å²) in [5, 5.41) is 0. The first-order chi connectivity index (χ1) is 5.61. The molecule has 74 valence electrons. The van der Waals surface area contributed by atoms with Gasteiger partial charge in [0.1, 0.15) is 0 Å². The summed E-state index contributed by atoms with van der Waals surface area (Å²) in [4.78, 5) is 0. The van der Waals surface area contributed by atoms with E-state index in [0.29, 0.717) is 5.56 Å². The van der Waals surface area contributed by atoms with E-state index in [1.54, 1.807) is 24.3 Å². The maximum atomic E-state index is 12.1. The standard InChI is InChI=1S/C8H8BrF2N.ClH/c9-6-3-1-5(2-4-6)7(12)8(10)11;/h1-4,7-8H,12H2;1H/t7-;/m0./s1. The van der Waals surface area contributed by atoms with Gasteiger partial charge in [-0.05, 0) is 17.7 Å². The van der Waals surface area contributed by atoms with Gasteiger partial charge in [-0.1, -0.05) is 28.1 Å². The van der Waals surface area contributed by atoms with Crippen LogP contribution < -0.4 is 5.73 Å². The summed E-state index contributed by atoms with van der Waals surface area (Å²) in [6, 6.07) is 5.37. The Morgan fingerprint density at radius 2 is 1.62 bits per heavy atom. The van der Waals surface area contributed by atoms with Crippen LogP contribution in [0.15, 0.2) is 28.7 Å². The topological polar surface area (TPSA) is 26.0 Å². The van der Waals surface area contributed by atoms with Crippen LogP contribution in [0.25, 0.3) is 0 Å². The predicted molar refractivity (Wildman–Crippen MR) is 54.3 cm³/mol. The molecule has 2 N–H and O–H groups in total. The SMILES string of the molecule is Cl.N[C@@H](c1ccc(Br)cc1)C(F)F. The lowest BCUT2D eigenvalue weighted by molar-refractivity contribution is 0.116. The van der Waals surface area contributed by atoms with Crippen molar-refractivity contribution in [2.45, 2.75) is 12.5 Å². The van der Waals surface area contributed by atoms with Gasteiger partial charge in [0, 0.05) is 4.47 Å². The van der Waals surface area contributed by atoms with Gasteiger partial charge in [-0.3, -0.25) is 0 Å². The first kappa shape index (κ1) is 12.8. The highest BCUT2D eigenvalue weighted by atomic mass is 79.9. The second-order valence-electron chi connectivity index (χ2n) is 2.41. The average molecular weight is 273 g/mol. The molecule has 1 atom stereocenters. The molecular formula is C8H9BrClF2N. The van der Waals surface area contributed by atoms with Crippen molar-refractivity contribution in [1.82, 2.24) is 0 Å². The maximum absolute atomic E-state index is 12.1. The number of rotatable bonds is 2. The van der Waals surface area contributed by atoms with E-state index in [9.17, 15) is 8.78 Å². The molecule has 1 aromatic carbocycles. The molecule has 13 heavy (non-hydrogen) atoms. The summed E-state index contributed by atoms with van der Waals surface area (Å²) in [6.45, 7) is 0. The van der Waals surface area contributed by atoms with Crippen molar-refractivity contribution in [3.8, 4) is 0 Å². The van der Waals surface area contributed by atoms with Gasteiger partial charge in [-0.25, -0.2) is 8.78 Å². The number of hydrogen-bond acceptors (Lipinski definition) is 1. The van der Waals surface area contributed by atoms with E-state index in [0.717, 1.165) is 4.47 Å². The Bertz CT molecular complexity index is 253. The van der Waals surface area contributed by atoms with Crippen molar-refractivity contribution in [3.05, 3.63) is 34.3 Å². The molecule has 0 amide bonds. The number of nitrogens with two attached hydrogens (primary N) is 1. The first-order valence-corrected chi connectivity index (χ1v) is 4.20. The average Bonchev–Trinajstić information content (AvgIpc) is 2.04. The molecule has 0 saturated carbocycles. The van der Waals surface area contributed by atoms with E-state index in [2.05, 4.69) is 15.9 Å². The third-order valence-corrected chi connectivity index (χ3v) is 2.06. The zero-order valence-corrected chi connectivity index (χ0v) is 8.99. The first-order valence-electron chi connectivity index (χ1n) is 3.40. The Balaban J connectivity index is 0.00000144. The van der Waals surface area contributed by atoms with Crippen molar-refractivity contribution in [2.24, 2.45) is 5.73 Å². The van der Waals surface area contributed by atoms with Crippen molar-refractivity contribution in [3.63, 3.8) is 0 Å². The van der Waals surface area contributed by atoms with Crippen LogP contribution in [0.4, 0.5) is 8.78 Å². The number of alkyl halides is 2. The van der Waals surface area contributed by atoms with Crippen molar-refractivity contribution < 1.29 is 8.78 Å². The van der Waals surface area contributed by atoms with E-state index in [4.69, 9.17) is 5.73 Å². The summed E-state index contributed by atoms with van der Waals surface area (Å²) in [5.74, 6) is 0. The third kappa shape index (κ3) is 3.58. The molecular weight excluding hydrogens is 263 g/mol. The molecule has 0 saturated heterocycles. The summed E-state index contributed by atoms with van der Waals surface area (Å²) in [7, 11) is 0. The van der Waals surface area contributed by atoms with Crippen molar-refractivity contribution in [1.29, 1.82) is 0 Å². The molecule has 1 aromatic rings. The van der Waals surface area contributed by atoms with Gasteiger partial charge in [0.25, 0.3) is 6.43 Å². The molecule has 0 aliphatic rings. The molecule has 0 unspecified atom stereocenters. The Hall–Kier alpha value is -0.190. The molecule has 0 fully saturated rings. The molecule has 0 bridgehead atoms. The monoisotopic (exact) mass is 271 g/mol. The highest BCUT2D eigenvalue weighted by Gasteiger charge is 2.16. The minimum atomic E-state index is -2.51. The van der Waals surface area contributed by atoms with Crippen LogP contribution in [-0.4, -0.2) is 6.43 Å². The number of benzene rings is 1. The van der Waals surface area contributed by atoms with Crippen LogP contribution in [0.1, 0.15) is 11.6 Å². The maximum Gasteiger partial charge on any atom is 0.257 e. The lowest BCUT2D eigenvalue weighted by Crippen LogP contribution is -2.18. The second-order valence-corrected chi connectivity index (χ2v) is 3.33. The molecule has 5 heteroatoms. The normalized spacial score (nSPS) is 12.4. The zero-order chi connectivity index (χ0) is 9.14. The van der Waals surface area contributed by atoms with Gasteiger partial charge in [0.15, 0.2) is 0 Å². The van der Waals surface area contributed by atoms with Gasteiger partial charge < -0.3 is 5.73 Å². The summed E-state index contributed by atoms with van der Waals surface area (Å²) in [6.07, 6.45) is -2.51. The summed E-state index contributed by atoms with van der Waals surface area (Å²) in [5.41, 5.74) is 5.67. The smallest absolute Gasteiger partial charge is 0.257 e. The highest BCUT2D eigenvalue weighted by molar-refractivity contribution is 9.10. The number of hydrogen-bond donors (Lipinski definition) is 1. The fraction of sp³-hybridized carbons (Fsp3) is 0.250. The van der Waals surface area contributed by atoms with Gasteiger partial charge in [0.2, 0.25) is 0 Å². The van der Waals surface area contributed by atoms with E-state index in [1.807, 2.05) is 0 Å². The molecule has 0 aliphatic carbocycles. The van der Waals surface area contributed by atoms with Crippen molar-refractivity contribution >= 4 is 28.3 Å². The third-order valence-electron chi connectivity index (χ3n) is 1.53. The fourth-order valence-corrected chi connectivity index (χ4v) is 1.09. The van der Waals surface area contributed by atoms with Crippen LogP contribution in [0.5, 0.6) is 0 Å². The molecule has 1 rings (SSSR count). The minimum absolute atomic E-state index is 0. The van der Waals surface area contributed by atoms with Crippen LogP contribution >= 0.6 is 28.3 Å². The lowest BCUT2D eigenvalue weighted by Gasteiger charge is -2.09. The summed E-state index contributed by atoms with van der Waals surface area (Å²) < 4.78 is 25.0. The van der Waals surface area contributed by atoms with Crippen LogP contribution in [0.2, 0.25) is 0 Å². The Kier molecular flexibility index (Phi) is 5.44. The summed E-state index contributed by atoms with van der Waals surface area (Å²) >= 11 is 3.20. The molecule has 0 heterocycles. The lowest BCUT2D eigenvalue weighted by atomic mass is 10.1. The Labute approximate surface area is 89.9 Å². The zero-order valence-electron chi connectivity index (χ0n) is 6.58. The van der Waals surface area contributed by atoms with Crippen LogP contribution in [0.3, 0.4) is 0 Å². The number of halogens is 4. The van der Waals surface area contributed by atoms with Crippen molar-refractivity contribution in [2.75, 3.05) is 0 Å². The molecule has 0 aliphatic heterocycles. The van der Waals surface area contributed by atoms with E-state index in [-0.39, 0.29) is 12.4 Å². The largest absolute Gasteiger partial charge is 0.319 e. The van der Waals surface area contributed by atoms with Gasteiger partial charge in [-0.15, -0.1) is 12.4 Å². The van der Waals surface area contributed by atoms with Gasteiger partial charge >= 0.3 is 0 Å². The minimum Gasteiger partial charge on any atom is -0.319 e. The molecule has 0 spiro atoms. The molecule has 0 aromatic heterocycles. The van der Waals surface area contributed by atoms with Crippen LogP contribution in [0, 0.1) is 0 Å². The molecule has 0 radical (unpaired) electrons. The highest BCUT2D eigenvalue weighted by Crippen LogP contribution is 2.19. The van der Waals surface area contributed by atoms with Gasteiger partial charge in [0.05, 0.1) is 6.04 Å². The fourth-order valence-electron chi connectivity index (χ4n) is 0.830.